The predicted molar refractivity (Wildman–Crippen MR) is 82.1 cm³/mol. The molecule has 0 spiro atoms. The van der Waals surface area contributed by atoms with Crippen molar-refractivity contribution >= 4 is 15.7 Å². The molecular formula is C14H16F2N4O2S. The number of anilines is 1. The zero-order valence-electron chi connectivity index (χ0n) is 12.6. The van der Waals surface area contributed by atoms with Gasteiger partial charge < -0.3 is 5.32 Å². The first-order chi connectivity index (χ1) is 10.7. The minimum Gasteiger partial charge on any atom is -0.363 e. The second-order valence-corrected chi connectivity index (χ2v) is 7.21. The van der Waals surface area contributed by atoms with Crippen LogP contribution in [0.2, 0.25) is 0 Å². The van der Waals surface area contributed by atoms with Crippen molar-refractivity contribution in [2.24, 2.45) is 0 Å². The van der Waals surface area contributed by atoms with Crippen molar-refractivity contribution in [2.45, 2.75) is 24.7 Å². The van der Waals surface area contributed by atoms with E-state index < -0.39 is 22.3 Å². The highest BCUT2D eigenvalue weighted by Gasteiger charge is 2.21. The van der Waals surface area contributed by atoms with Gasteiger partial charge in [0.15, 0.2) is 9.84 Å². The normalized spacial score (nSPS) is 12.2. The van der Waals surface area contributed by atoms with Crippen LogP contribution >= 0.6 is 0 Å². The quantitative estimate of drug-likeness (QED) is 0.868. The monoisotopic (exact) mass is 342 g/mol. The molecule has 0 unspecified atom stereocenters. The minimum absolute atomic E-state index is 0.0651. The second kappa shape index (κ2) is 6.53. The van der Waals surface area contributed by atoms with Crippen LogP contribution in [0, 0.1) is 0 Å². The number of rotatable bonds is 6. The van der Waals surface area contributed by atoms with E-state index in [4.69, 9.17) is 0 Å². The van der Waals surface area contributed by atoms with Crippen LogP contribution < -0.4 is 5.32 Å². The first kappa shape index (κ1) is 17.2. The van der Waals surface area contributed by atoms with Gasteiger partial charge in [-0.05, 0) is 12.1 Å². The van der Waals surface area contributed by atoms with Crippen LogP contribution in [0.3, 0.4) is 0 Å². The molecule has 0 radical (unpaired) electrons. The molecule has 6 nitrogen and oxygen atoms in total. The first-order valence-electron chi connectivity index (χ1n) is 6.85. The van der Waals surface area contributed by atoms with Crippen LogP contribution in [0.4, 0.5) is 14.6 Å². The largest absolute Gasteiger partial charge is 0.363 e. The molecule has 0 aliphatic heterocycles. The summed E-state index contributed by atoms with van der Waals surface area (Å²) in [5, 5.41) is 2.46. The lowest BCUT2D eigenvalue weighted by Gasteiger charge is -2.12. The molecule has 0 fully saturated rings. The number of nitrogens with one attached hydrogen (secondary N) is 1. The summed E-state index contributed by atoms with van der Waals surface area (Å²) < 4.78 is 49.8. The van der Waals surface area contributed by atoms with Crippen molar-refractivity contribution in [3.8, 4) is 11.4 Å². The highest BCUT2D eigenvalue weighted by Crippen LogP contribution is 2.24. The summed E-state index contributed by atoms with van der Waals surface area (Å²) >= 11 is 0. The molecule has 2 aromatic heterocycles. The summed E-state index contributed by atoms with van der Waals surface area (Å²) in [7, 11) is -3.46. The number of sulfone groups is 1. The number of halogens is 2. The summed E-state index contributed by atoms with van der Waals surface area (Å²) in [5.74, 6) is -2.76. The Bertz CT molecular complexity index is 774. The molecular weight excluding hydrogens is 326 g/mol. The third-order valence-corrected chi connectivity index (χ3v) is 4.72. The number of nitrogens with zero attached hydrogens (tertiary/aromatic N) is 3. The fourth-order valence-electron chi connectivity index (χ4n) is 1.78. The van der Waals surface area contributed by atoms with Gasteiger partial charge in [0.1, 0.15) is 17.2 Å². The van der Waals surface area contributed by atoms with Crippen molar-refractivity contribution in [1.29, 1.82) is 0 Å². The van der Waals surface area contributed by atoms with Crippen LogP contribution in [0.5, 0.6) is 0 Å². The van der Waals surface area contributed by atoms with E-state index in [0.717, 1.165) is 6.92 Å². The number of pyridine rings is 1. The molecule has 0 aliphatic carbocycles. The van der Waals surface area contributed by atoms with Gasteiger partial charge in [-0.25, -0.2) is 27.2 Å². The smallest absolute Gasteiger partial charge is 0.262 e. The maximum Gasteiger partial charge on any atom is 0.262 e. The zero-order valence-corrected chi connectivity index (χ0v) is 13.4. The number of alkyl halides is 2. The van der Waals surface area contributed by atoms with E-state index in [1.54, 1.807) is 0 Å². The first-order valence-corrected chi connectivity index (χ1v) is 8.50. The maximum absolute atomic E-state index is 12.8. The number of aromatic nitrogens is 3. The van der Waals surface area contributed by atoms with Crippen LogP contribution in [0.15, 0.2) is 35.6 Å². The number of hydrogen-bond donors (Lipinski definition) is 1. The lowest BCUT2D eigenvalue weighted by atomic mass is 10.3. The Labute approximate surface area is 132 Å². The fraction of sp³-hybridized carbons (Fsp3) is 0.357. The van der Waals surface area contributed by atoms with Gasteiger partial charge in [0, 0.05) is 13.1 Å². The van der Waals surface area contributed by atoms with E-state index >= 15 is 0 Å². The van der Waals surface area contributed by atoms with E-state index in [1.165, 1.54) is 37.6 Å². The Morgan fingerprint density at radius 1 is 1.22 bits per heavy atom. The molecule has 0 bridgehead atoms. The molecule has 0 aliphatic rings. The number of hydrogen-bond acceptors (Lipinski definition) is 6. The van der Waals surface area contributed by atoms with E-state index in [0.29, 0.717) is 0 Å². The molecule has 1 N–H and O–H groups in total. The Morgan fingerprint density at radius 2 is 1.96 bits per heavy atom. The summed E-state index contributed by atoms with van der Waals surface area (Å²) in [4.78, 5) is 12.1. The van der Waals surface area contributed by atoms with Crippen LogP contribution in [-0.2, 0) is 9.84 Å². The van der Waals surface area contributed by atoms with Gasteiger partial charge in [0.05, 0.1) is 29.6 Å². The van der Waals surface area contributed by atoms with Gasteiger partial charge in [0.25, 0.3) is 5.92 Å². The van der Waals surface area contributed by atoms with Gasteiger partial charge in [0.2, 0.25) is 0 Å². The van der Waals surface area contributed by atoms with Crippen LogP contribution in [-0.4, -0.2) is 41.6 Å². The minimum atomic E-state index is -3.46. The molecule has 23 heavy (non-hydrogen) atoms. The average molecular weight is 342 g/mol. The van der Waals surface area contributed by atoms with E-state index in [9.17, 15) is 17.2 Å². The third-order valence-electron chi connectivity index (χ3n) is 2.96. The van der Waals surface area contributed by atoms with Gasteiger partial charge in [-0.15, -0.1) is 0 Å². The maximum atomic E-state index is 12.8. The molecule has 0 amide bonds. The van der Waals surface area contributed by atoms with Crippen LogP contribution in [0.1, 0.15) is 13.8 Å². The molecule has 9 heteroatoms. The topological polar surface area (TPSA) is 84.8 Å². The molecule has 0 saturated heterocycles. The Kier molecular flexibility index (Phi) is 4.88. The van der Waals surface area contributed by atoms with E-state index in [2.05, 4.69) is 20.3 Å². The van der Waals surface area contributed by atoms with Gasteiger partial charge in [-0.1, -0.05) is 6.92 Å². The average Bonchev–Trinajstić information content (AvgIpc) is 2.53. The predicted octanol–water partition coefficient (Wildman–Crippen LogP) is 2.40. The SMILES string of the molecule is CCS(=O)(=O)c1cccnc1-c1cnc(NCC(C)(F)F)cn1. The Morgan fingerprint density at radius 3 is 2.52 bits per heavy atom. The van der Waals surface area contributed by atoms with Gasteiger partial charge >= 0.3 is 0 Å². The lowest BCUT2D eigenvalue weighted by Crippen LogP contribution is -2.23. The van der Waals surface area contributed by atoms with E-state index in [-0.39, 0.29) is 27.9 Å². The summed E-state index contributed by atoms with van der Waals surface area (Å²) in [6.07, 6.45) is 4.01. The van der Waals surface area contributed by atoms with Gasteiger partial charge in [-0.3, -0.25) is 4.98 Å². The lowest BCUT2D eigenvalue weighted by molar-refractivity contribution is 0.0367. The standard InChI is InChI=1S/C14H16F2N4O2S/c1-3-23(21,22)11-5-4-6-17-13(11)10-7-19-12(8-18-10)20-9-14(2,15)16/h4-8H,3,9H2,1-2H3,(H,19,20). The van der Waals surface area contributed by atoms with Crippen molar-refractivity contribution in [1.82, 2.24) is 15.0 Å². The molecule has 2 aromatic rings. The summed E-state index contributed by atoms with van der Waals surface area (Å²) in [6, 6.07) is 2.98. The molecule has 2 rings (SSSR count). The van der Waals surface area contributed by atoms with Crippen molar-refractivity contribution in [3.63, 3.8) is 0 Å². The zero-order chi connectivity index (χ0) is 17.1. The molecule has 2 heterocycles. The molecule has 0 aromatic carbocycles. The summed E-state index contributed by atoms with van der Waals surface area (Å²) in [6.45, 7) is 1.76. The third kappa shape index (κ3) is 4.41. The fourth-order valence-corrected chi connectivity index (χ4v) is 2.83. The van der Waals surface area contributed by atoms with Crippen molar-refractivity contribution < 1.29 is 17.2 Å². The van der Waals surface area contributed by atoms with Crippen molar-refractivity contribution in [3.05, 3.63) is 30.7 Å². The highest BCUT2D eigenvalue weighted by atomic mass is 32.2. The second-order valence-electron chi connectivity index (χ2n) is 4.96. The molecule has 0 saturated carbocycles. The van der Waals surface area contributed by atoms with E-state index in [1.807, 2.05) is 0 Å². The van der Waals surface area contributed by atoms with Gasteiger partial charge in [-0.2, -0.15) is 0 Å². The van der Waals surface area contributed by atoms with Crippen molar-refractivity contribution in [2.75, 3.05) is 17.6 Å². The summed E-state index contributed by atoms with van der Waals surface area (Å²) in [5.41, 5.74) is 0.445. The molecule has 0 atom stereocenters. The van der Waals surface area contributed by atoms with Crippen LogP contribution in [0.25, 0.3) is 11.4 Å². The highest BCUT2D eigenvalue weighted by molar-refractivity contribution is 7.91. The molecule has 124 valence electrons. The Hall–Kier alpha value is -2.16. The Balaban J connectivity index is 2.31.